The highest BCUT2D eigenvalue weighted by molar-refractivity contribution is 5.08. The SMILES string of the molecule is CCCCCCCCCCc1cc(CCCCCCCCCC)[nH]n1. The Balaban J connectivity index is 1.93. The van der Waals surface area contributed by atoms with Crippen molar-refractivity contribution >= 4 is 0 Å². The van der Waals surface area contributed by atoms with E-state index in [2.05, 4.69) is 30.1 Å². The maximum atomic E-state index is 4.50. The number of nitrogens with zero attached hydrogens (tertiary/aromatic N) is 1. The molecule has 2 heteroatoms. The van der Waals surface area contributed by atoms with Gasteiger partial charge in [-0.25, -0.2) is 0 Å². The fourth-order valence-electron chi connectivity index (χ4n) is 3.55. The normalized spacial score (nSPS) is 11.3. The van der Waals surface area contributed by atoms with Gasteiger partial charge >= 0.3 is 0 Å². The van der Waals surface area contributed by atoms with Crippen LogP contribution in [0.4, 0.5) is 0 Å². The van der Waals surface area contributed by atoms with Crippen LogP contribution >= 0.6 is 0 Å². The molecule has 1 N–H and O–H groups in total. The van der Waals surface area contributed by atoms with Crippen molar-refractivity contribution in [2.45, 2.75) is 129 Å². The van der Waals surface area contributed by atoms with Gasteiger partial charge in [0.2, 0.25) is 0 Å². The Morgan fingerprint density at radius 2 is 1.04 bits per heavy atom. The Kier molecular flexibility index (Phi) is 14.8. The lowest BCUT2D eigenvalue weighted by Crippen LogP contribution is -1.87. The number of aromatic nitrogens is 2. The van der Waals surface area contributed by atoms with E-state index in [0.717, 1.165) is 6.42 Å². The Bertz CT molecular complexity index is 349. The van der Waals surface area contributed by atoms with E-state index < -0.39 is 0 Å². The van der Waals surface area contributed by atoms with Gasteiger partial charge in [-0.3, -0.25) is 5.10 Å². The van der Waals surface area contributed by atoms with E-state index in [0.29, 0.717) is 0 Å². The molecule has 146 valence electrons. The van der Waals surface area contributed by atoms with Crippen LogP contribution in [0.25, 0.3) is 0 Å². The maximum absolute atomic E-state index is 4.50. The summed E-state index contributed by atoms with van der Waals surface area (Å²) in [6, 6.07) is 2.31. The minimum atomic E-state index is 1.16. The van der Waals surface area contributed by atoms with Crippen molar-refractivity contribution in [3.8, 4) is 0 Å². The van der Waals surface area contributed by atoms with Crippen LogP contribution in [-0.4, -0.2) is 10.2 Å². The monoisotopic (exact) mass is 348 g/mol. The van der Waals surface area contributed by atoms with Gasteiger partial charge in [0.05, 0.1) is 5.69 Å². The molecule has 2 nitrogen and oxygen atoms in total. The van der Waals surface area contributed by atoms with Crippen LogP contribution in [0.5, 0.6) is 0 Å². The van der Waals surface area contributed by atoms with E-state index in [1.165, 1.54) is 121 Å². The second-order valence-corrected chi connectivity index (χ2v) is 7.83. The summed E-state index contributed by atoms with van der Waals surface area (Å²) in [5, 5.41) is 7.75. The van der Waals surface area contributed by atoms with Gasteiger partial charge in [0.15, 0.2) is 0 Å². The molecule has 0 aliphatic carbocycles. The molecule has 0 unspecified atom stereocenters. The van der Waals surface area contributed by atoms with Gasteiger partial charge in [-0.2, -0.15) is 5.10 Å². The first-order chi connectivity index (χ1) is 12.4. The van der Waals surface area contributed by atoms with Crippen LogP contribution in [-0.2, 0) is 12.8 Å². The summed E-state index contributed by atoms with van der Waals surface area (Å²) in [6.45, 7) is 4.57. The summed E-state index contributed by atoms with van der Waals surface area (Å²) in [5.74, 6) is 0. The largest absolute Gasteiger partial charge is 0.282 e. The van der Waals surface area contributed by atoms with Crippen molar-refractivity contribution in [3.63, 3.8) is 0 Å². The van der Waals surface area contributed by atoms with E-state index in [-0.39, 0.29) is 0 Å². The lowest BCUT2D eigenvalue weighted by atomic mass is 10.1. The molecular formula is C23H44N2. The highest BCUT2D eigenvalue weighted by Crippen LogP contribution is 2.13. The Morgan fingerprint density at radius 3 is 1.56 bits per heavy atom. The molecule has 0 amide bonds. The van der Waals surface area contributed by atoms with Crippen LogP contribution in [0.15, 0.2) is 6.07 Å². The molecule has 0 aliphatic rings. The highest BCUT2D eigenvalue weighted by atomic mass is 15.1. The predicted molar refractivity (Wildman–Crippen MR) is 111 cm³/mol. The molecule has 0 fully saturated rings. The van der Waals surface area contributed by atoms with Crippen LogP contribution in [0.1, 0.15) is 128 Å². The smallest absolute Gasteiger partial charge is 0.0625 e. The van der Waals surface area contributed by atoms with Gasteiger partial charge in [-0.1, -0.05) is 104 Å². The van der Waals surface area contributed by atoms with Gasteiger partial charge in [-0.05, 0) is 31.7 Å². The molecule has 0 atom stereocenters. The second-order valence-electron chi connectivity index (χ2n) is 7.83. The summed E-state index contributed by atoms with van der Waals surface area (Å²) in [5.41, 5.74) is 2.63. The molecule has 0 aromatic carbocycles. The fourth-order valence-corrected chi connectivity index (χ4v) is 3.55. The third-order valence-electron chi connectivity index (χ3n) is 5.27. The minimum absolute atomic E-state index is 1.16. The first kappa shape index (κ1) is 22.3. The third kappa shape index (κ3) is 13.1. The molecule has 1 aromatic rings. The minimum Gasteiger partial charge on any atom is -0.282 e. The summed E-state index contributed by atoms with van der Waals surface area (Å²) < 4.78 is 0. The number of H-pyrrole nitrogens is 1. The van der Waals surface area contributed by atoms with E-state index in [9.17, 15) is 0 Å². The van der Waals surface area contributed by atoms with E-state index >= 15 is 0 Å². The number of unbranched alkanes of at least 4 members (excludes halogenated alkanes) is 14. The average Bonchev–Trinajstić information content (AvgIpc) is 3.07. The van der Waals surface area contributed by atoms with Gasteiger partial charge < -0.3 is 0 Å². The summed E-state index contributed by atoms with van der Waals surface area (Å²) >= 11 is 0. The molecule has 1 heterocycles. The molecule has 0 saturated heterocycles. The van der Waals surface area contributed by atoms with Crippen LogP contribution in [0.2, 0.25) is 0 Å². The topological polar surface area (TPSA) is 28.7 Å². The van der Waals surface area contributed by atoms with E-state index in [1.807, 2.05) is 0 Å². The Labute approximate surface area is 157 Å². The summed E-state index contributed by atoms with van der Waals surface area (Å²) in [6.07, 6.45) is 24.6. The molecule has 0 radical (unpaired) electrons. The molecule has 0 bridgehead atoms. The summed E-state index contributed by atoms with van der Waals surface area (Å²) in [7, 11) is 0. The van der Waals surface area contributed by atoms with E-state index in [1.54, 1.807) is 0 Å². The van der Waals surface area contributed by atoms with Gasteiger partial charge in [0.1, 0.15) is 0 Å². The highest BCUT2D eigenvalue weighted by Gasteiger charge is 2.02. The number of hydrogen-bond donors (Lipinski definition) is 1. The summed E-state index contributed by atoms with van der Waals surface area (Å²) in [4.78, 5) is 0. The number of nitrogens with one attached hydrogen (secondary N) is 1. The van der Waals surface area contributed by atoms with Crippen molar-refractivity contribution in [1.29, 1.82) is 0 Å². The standard InChI is InChI=1S/C23H44N2/c1-3-5-7-9-11-13-15-17-19-22-21-23(25-24-22)20-18-16-14-12-10-8-6-4-2/h21H,3-20H2,1-2H3,(H,24,25). The molecule has 0 aliphatic heterocycles. The van der Waals surface area contributed by atoms with Crippen molar-refractivity contribution in [2.24, 2.45) is 0 Å². The number of aromatic amines is 1. The van der Waals surface area contributed by atoms with Crippen molar-refractivity contribution < 1.29 is 0 Å². The third-order valence-corrected chi connectivity index (χ3v) is 5.27. The average molecular weight is 349 g/mol. The van der Waals surface area contributed by atoms with Gasteiger partial charge in [0, 0.05) is 5.69 Å². The lowest BCUT2D eigenvalue weighted by molar-refractivity contribution is 0.573. The van der Waals surface area contributed by atoms with Crippen molar-refractivity contribution in [2.75, 3.05) is 0 Å². The van der Waals surface area contributed by atoms with Gasteiger partial charge in [0.25, 0.3) is 0 Å². The molecule has 1 aromatic heterocycles. The van der Waals surface area contributed by atoms with Gasteiger partial charge in [-0.15, -0.1) is 0 Å². The quantitative estimate of drug-likeness (QED) is 0.270. The predicted octanol–water partition coefficient (Wildman–Crippen LogP) is 7.78. The van der Waals surface area contributed by atoms with Crippen molar-refractivity contribution in [3.05, 3.63) is 17.5 Å². The Hall–Kier alpha value is -0.790. The maximum Gasteiger partial charge on any atom is 0.0625 e. The number of hydrogen-bond acceptors (Lipinski definition) is 1. The fraction of sp³-hybridized carbons (Fsp3) is 0.870. The van der Waals surface area contributed by atoms with E-state index in [4.69, 9.17) is 0 Å². The zero-order valence-corrected chi connectivity index (χ0v) is 17.3. The zero-order chi connectivity index (χ0) is 18.0. The van der Waals surface area contributed by atoms with Crippen molar-refractivity contribution in [1.82, 2.24) is 10.2 Å². The Morgan fingerprint density at radius 1 is 0.600 bits per heavy atom. The number of rotatable bonds is 18. The van der Waals surface area contributed by atoms with Crippen LogP contribution in [0, 0.1) is 0 Å². The van der Waals surface area contributed by atoms with Crippen LogP contribution in [0.3, 0.4) is 0 Å². The first-order valence-electron chi connectivity index (χ1n) is 11.4. The second kappa shape index (κ2) is 16.7. The molecule has 0 spiro atoms. The molecule has 1 rings (SSSR count). The molecule has 0 saturated carbocycles. The molecule has 25 heavy (non-hydrogen) atoms. The van der Waals surface area contributed by atoms with Crippen LogP contribution < -0.4 is 0 Å². The molecular weight excluding hydrogens is 304 g/mol. The number of aryl methyl sites for hydroxylation is 2. The first-order valence-corrected chi connectivity index (χ1v) is 11.4. The lowest BCUT2D eigenvalue weighted by Gasteiger charge is -2.01. The zero-order valence-electron chi connectivity index (χ0n) is 17.3.